The summed E-state index contributed by atoms with van der Waals surface area (Å²) in [5.74, 6) is 1.20. The molecule has 0 spiro atoms. The molecular weight excluding hydrogens is 286 g/mol. The van der Waals surface area contributed by atoms with Crippen LogP contribution in [0.3, 0.4) is 0 Å². The van der Waals surface area contributed by atoms with E-state index in [0.29, 0.717) is 11.8 Å². The number of piperidine rings is 1. The quantitative estimate of drug-likeness (QED) is 0.660. The standard InChI is InChI=1S/C19H27N3O/c1-13(23)22-8-6-15(7-9-22)17-10-16(14-4-2-3-5-14)11-19(21)18(17)12-20/h10-12,14-15,20H,2-9,21H2,1H3. The normalized spacial score (nSPS) is 20.0. The Hall–Kier alpha value is -1.84. The lowest BCUT2D eigenvalue weighted by atomic mass is 9.83. The zero-order chi connectivity index (χ0) is 16.4. The molecule has 1 amide bonds. The van der Waals surface area contributed by atoms with Gasteiger partial charge in [-0.15, -0.1) is 0 Å². The molecule has 2 fully saturated rings. The van der Waals surface area contributed by atoms with Crippen molar-refractivity contribution < 1.29 is 4.79 Å². The van der Waals surface area contributed by atoms with Crippen LogP contribution < -0.4 is 5.73 Å². The van der Waals surface area contributed by atoms with Gasteiger partial charge in [0.1, 0.15) is 0 Å². The Morgan fingerprint density at radius 3 is 2.39 bits per heavy atom. The number of anilines is 1. The average molecular weight is 313 g/mol. The fraction of sp³-hybridized carbons (Fsp3) is 0.579. The van der Waals surface area contributed by atoms with Crippen LogP contribution in [0.1, 0.15) is 74.0 Å². The number of amides is 1. The molecule has 1 saturated heterocycles. The first-order valence-corrected chi connectivity index (χ1v) is 8.79. The van der Waals surface area contributed by atoms with Gasteiger partial charge in [0.2, 0.25) is 5.91 Å². The SMILES string of the molecule is CC(=O)N1CCC(c2cc(C3CCCC3)cc(N)c2C=N)CC1. The number of nitrogens with two attached hydrogens (primary N) is 1. The second-order valence-electron chi connectivity index (χ2n) is 7.02. The number of rotatable bonds is 3. The van der Waals surface area contributed by atoms with Crippen LogP contribution >= 0.6 is 0 Å². The molecule has 124 valence electrons. The van der Waals surface area contributed by atoms with Crippen LogP contribution in [0.4, 0.5) is 5.69 Å². The first-order chi connectivity index (χ1) is 11.1. The first kappa shape index (κ1) is 16.0. The number of hydrogen-bond donors (Lipinski definition) is 2. The van der Waals surface area contributed by atoms with Crippen molar-refractivity contribution >= 4 is 17.8 Å². The molecule has 1 aliphatic carbocycles. The van der Waals surface area contributed by atoms with Gasteiger partial charge in [-0.25, -0.2) is 0 Å². The lowest BCUT2D eigenvalue weighted by molar-refractivity contribution is -0.129. The summed E-state index contributed by atoms with van der Waals surface area (Å²) in [5.41, 5.74) is 10.5. The Bertz CT molecular complexity index is 597. The maximum absolute atomic E-state index is 11.5. The summed E-state index contributed by atoms with van der Waals surface area (Å²) in [6.07, 6.45) is 8.46. The van der Waals surface area contributed by atoms with Gasteiger partial charge in [0.05, 0.1) is 0 Å². The minimum atomic E-state index is 0.162. The fourth-order valence-corrected chi connectivity index (χ4v) is 4.23. The van der Waals surface area contributed by atoms with Gasteiger partial charge >= 0.3 is 0 Å². The van der Waals surface area contributed by atoms with E-state index in [-0.39, 0.29) is 5.91 Å². The van der Waals surface area contributed by atoms with Gasteiger partial charge in [-0.3, -0.25) is 4.79 Å². The van der Waals surface area contributed by atoms with Crippen molar-refractivity contribution in [3.63, 3.8) is 0 Å². The zero-order valence-corrected chi connectivity index (χ0v) is 14.0. The highest BCUT2D eigenvalue weighted by Gasteiger charge is 2.26. The second-order valence-corrected chi connectivity index (χ2v) is 7.02. The molecule has 0 atom stereocenters. The third kappa shape index (κ3) is 3.26. The van der Waals surface area contributed by atoms with Gasteiger partial charge in [-0.2, -0.15) is 0 Å². The highest BCUT2D eigenvalue weighted by molar-refractivity contribution is 5.87. The molecule has 4 heteroatoms. The molecule has 1 aromatic rings. The molecule has 1 aliphatic heterocycles. The summed E-state index contributed by atoms with van der Waals surface area (Å²) in [7, 11) is 0. The van der Waals surface area contributed by atoms with Crippen LogP contribution in [-0.2, 0) is 4.79 Å². The number of nitrogens with one attached hydrogen (secondary N) is 1. The molecular formula is C19H27N3O. The van der Waals surface area contributed by atoms with Gasteiger partial charge in [-0.05, 0) is 54.7 Å². The maximum atomic E-state index is 11.5. The Balaban J connectivity index is 1.87. The number of benzene rings is 1. The molecule has 3 N–H and O–H groups in total. The predicted molar refractivity (Wildman–Crippen MR) is 94.2 cm³/mol. The molecule has 23 heavy (non-hydrogen) atoms. The van der Waals surface area contributed by atoms with Gasteiger partial charge in [-0.1, -0.05) is 18.9 Å². The summed E-state index contributed by atoms with van der Waals surface area (Å²) >= 11 is 0. The Morgan fingerprint density at radius 2 is 1.83 bits per heavy atom. The van der Waals surface area contributed by atoms with Gasteiger partial charge < -0.3 is 16.0 Å². The van der Waals surface area contributed by atoms with E-state index < -0.39 is 0 Å². The minimum absolute atomic E-state index is 0.162. The smallest absolute Gasteiger partial charge is 0.219 e. The van der Waals surface area contributed by atoms with E-state index in [0.717, 1.165) is 37.2 Å². The van der Waals surface area contributed by atoms with E-state index in [1.54, 1.807) is 6.92 Å². The Morgan fingerprint density at radius 1 is 1.17 bits per heavy atom. The van der Waals surface area contributed by atoms with E-state index in [1.807, 2.05) is 4.90 Å². The molecule has 2 aliphatic rings. The summed E-state index contributed by atoms with van der Waals surface area (Å²) in [5, 5.41) is 7.76. The van der Waals surface area contributed by atoms with Crippen LogP contribution in [0, 0.1) is 5.41 Å². The van der Waals surface area contributed by atoms with Crippen molar-refractivity contribution in [1.82, 2.24) is 4.90 Å². The number of carbonyl (C=O) groups is 1. The van der Waals surface area contributed by atoms with Crippen molar-refractivity contribution in [3.8, 4) is 0 Å². The third-order valence-corrected chi connectivity index (χ3v) is 5.62. The largest absolute Gasteiger partial charge is 0.398 e. The van der Waals surface area contributed by atoms with E-state index in [4.69, 9.17) is 11.1 Å². The van der Waals surface area contributed by atoms with Crippen molar-refractivity contribution in [2.45, 2.75) is 57.3 Å². The number of likely N-dealkylation sites (tertiary alicyclic amines) is 1. The zero-order valence-electron chi connectivity index (χ0n) is 14.0. The van der Waals surface area contributed by atoms with Crippen molar-refractivity contribution in [1.29, 1.82) is 5.41 Å². The molecule has 0 bridgehead atoms. The lowest BCUT2D eigenvalue weighted by Crippen LogP contribution is -2.36. The third-order valence-electron chi connectivity index (χ3n) is 5.62. The van der Waals surface area contributed by atoms with Gasteiger partial charge in [0, 0.05) is 37.5 Å². The van der Waals surface area contributed by atoms with E-state index in [2.05, 4.69) is 12.1 Å². The number of nitrogens with zero attached hydrogens (tertiary/aromatic N) is 1. The summed E-state index contributed by atoms with van der Waals surface area (Å²) in [4.78, 5) is 13.4. The second kappa shape index (κ2) is 6.73. The van der Waals surface area contributed by atoms with Crippen LogP contribution in [0.25, 0.3) is 0 Å². The van der Waals surface area contributed by atoms with Crippen LogP contribution in [-0.4, -0.2) is 30.1 Å². The first-order valence-electron chi connectivity index (χ1n) is 8.79. The monoisotopic (exact) mass is 313 g/mol. The summed E-state index contributed by atoms with van der Waals surface area (Å²) in [6, 6.07) is 4.39. The number of nitrogen functional groups attached to an aromatic ring is 1. The van der Waals surface area contributed by atoms with Crippen molar-refractivity contribution in [3.05, 3.63) is 28.8 Å². The lowest BCUT2D eigenvalue weighted by Gasteiger charge is -2.32. The molecule has 3 rings (SSSR count). The van der Waals surface area contributed by atoms with Gasteiger partial charge in [0.15, 0.2) is 0 Å². The Kier molecular flexibility index (Phi) is 4.69. The van der Waals surface area contributed by atoms with Crippen molar-refractivity contribution in [2.24, 2.45) is 0 Å². The highest BCUT2D eigenvalue weighted by atomic mass is 16.2. The summed E-state index contributed by atoms with van der Waals surface area (Å²) < 4.78 is 0. The average Bonchev–Trinajstić information content (AvgIpc) is 3.08. The van der Waals surface area contributed by atoms with Crippen LogP contribution in [0.15, 0.2) is 12.1 Å². The molecule has 1 saturated carbocycles. The number of carbonyl (C=O) groups excluding carboxylic acids is 1. The fourth-order valence-electron chi connectivity index (χ4n) is 4.23. The van der Waals surface area contributed by atoms with Crippen LogP contribution in [0.2, 0.25) is 0 Å². The van der Waals surface area contributed by atoms with Gasteiger partial charge in [0.25, 0.3) is 0 Å². The Labute approximate surface area is 138 Å². The molecule has 4 nitrogen and oxygen atoms in total. The number of hydrogen-bond acceptors (Lipinski definition) is 3. The van der Waals surface area contributed by atoms with Crippen LogP contribution in [0.5, 0.6) is 0 Å². The maximum Gasteiger partial charge on any atom is 0.219 e. The molecule has 1 aromatic carbocycles. The molecule has 0 unspecified atom stereocenters. The summed E-state index contributed by atoms with van der Waals surface area (Å²) in [6.45, 7) is 3.26. The molecule has 0 radical (unpaired) electrons. The molecule has 0 aromatic heterocycles. The predicted octanol–water partition coefficient (Wildman–Crippen LogP) is 3.65. The molecule has 1 heterocycles. The minimum Gasteiger partial charge on any atom is -0.398 e. The van der Waals surface area contributed by atoms with E-state index >= 15 is 0 Å². The van der Waals surface area contributed by atoms with Crippen molar-refractivity contribution in [2.75, 3.05) is 18.8 Å². The topological polar surface area (TPSA) is 70.2 Å². The highest BCUT2D eigenvalue weighted by Crippen LogP contribution is 2.39. The van der Waals surface area contributed by atoms with E-state index in [9.17, 15) is 4.79 Å². The van der Waals surface area contributed by atoms with E-state index in [1.165, 1.54) is 43.0 Å².